The number of hydrogen-bond donors (Lipinski definition) is 1. The molecule has 0 bridgehead atoms. The molecule has 1 fully saturated rings. The van der Waals surface area contributed by atoms with Gasteiger partial charge in [0.05, 0.1) is 17.1 Å². The first-order valence-corrected chi connectivity index (χ1v) is 10.5. The number of hydrogen-bond acceptors (Lipinski definition) is 4. The molecule has 6 nitrogen and oxygen atoms in total. The Balaban J connectivity index is 1.50. The molecule has 1 aromatic heterocycles. The number of carbonyl (C=O) groups is 1. The molecule has 1 aliphatic heterocycles. The van der Waals surface area contributed by atoms with Crippen LogP contribution in [0.3, 0.4) is 0 Å². The van der Waals surface area contributed by atoms with Crippen LogP contribution >= 0.6 is 0 Å². The van der Waals surface area contributed by atoms with E-state index in [0.29, 0.717) is 36.4 Å². The second kappa shape index (κ2) is 8.40. The van der Waals surface area contributed by atoms with Gasteiger partial charge in [0.25, 0.3) is 11.5 Å². The number of rotatable bonds is 4. The highest BCUT2D eigenvalue weighted by atomic mass is 16.3. The second-order valence-corrected chi connectivity index (χ2v) is 7.94. The van der Waals surface area contributed by atoms with Gasteiger partial charge in [-0.25, -0.2) is 4.98 Å². The molecule has 0 spiro atoms. The topological polar surface area (TPSA) is 75.4 Å². The lowest BCUT2D eigenvalue weighted by atomic mass is 9.87. The number of nitrogens with zero attached hydrogens (tertiary/aromatic N) is 3. The zero-order chi connectivity index (χ0) is 21.3. The largest absolute Gasteiger partial charge is 0.388 e. The molecule has 2 aromatic carbocycles. The number of likely N-dealkylation sites (tertiary alicyclic amines) is 1. The first kappa shape index (κ1) is 20.3. The fourth-order valence-corrected chi connectivity index (χ4v) is 4.34. The Morgan fingerprint density at radius 3 is 2.53 bits per heavy atom. The normalized spacial score (nSPS) is 16.0. The monoisotopic (exact) mass is 405 g/mol. The quantitative estimate of drug-likeness (QED) is 0.723. The van der Waals surface area contributed by atoms with Crippen molar-refractivity contribution in [2.75, 3.05) is 13.1 Å². The van der Waals surface area contributed by atoms with E-state index in [-0.39, 0.29) is 17.4 Å². The van der Waals surface area contributed by atoms with Crippen LogP contribution in [0.25, 0.3) is 11.0 Å². The maximum atomic E-state index is 13.1. The van der Waals surface area contributed by atoms with Crippen LogP contribution in [0.15, 0.2) is 53.3 Å². The van der Waals surface area contributed by atoms with Crippen LogP contribution in [0, 0.1) is 12.8 Å². The maximum absolute atomic E-state index is 13.1. The molecule has 0 unspecified atom stereocenters. The highest BCUT2D eigenvalue weighted by molar-refractivity contribution is 5.97. The summed E-state index contributed by atoms with van der Waals surface area (Å²) in [6.45, 7) is 5.42. The number of aryl methyl sites for hydroxylation is 2. The second-order valence-electron chi connectivity index (χ2n) is 7.94. The van der Waals surface area contributed by atoms with E-state index in [4.69, 9.17) is 0 Å². The van der Waals surface area contributed by atoms with E-state index in [1.807, 2.05) is 48.2 Å². The molecule has 1 atom stereocenters. The highest BCUT2D eigenvalue weighted by Gasteiger charge is 2.28. The number of aromatic nitrogens is 2. The minimum absolute atomic E-state index is 0.0294. The van der Waals surface area contributed by atoms with Crippen molar-refractivity contribution in [3.05, 3.63) is 75.7 Å². The van der Waals surface area contributed by atoms with Crippen molar-refractivity contribution in [3.63, 3.8) is 0 Å². The van der Waals surface area contributed by atoms with Gasteiger partial charge in [-0.2, -0.15) is 0 Å². The summed E-state index contributed by atoms with van der Waals surface area (Å²) in [7, 11) is 0. The Kier molecular flexibility index (Phi) is 5.68. The van der Waals surface area contributed by atoms with E-state index < -0.39 is 6.10 Å². The third-order valence-corrected chi connectivity index (χ3v) is 6.09. The third kappa shape index (κ3) is 3.75. The summed E-state index contributed by atoms with van der Waals surface area (Å²) in [5, 5.41) is 10.7. The summed E-state index contributed by atoms with van der Waals surface area (Å²) in [5.41, 5.74) is 3.26. The van der Waals surface area contributed by atoms with Crippen molar-refractivity contribution in [2.24, 2.45) is 5.92 Å². The van der Waals surface area contributed by atoms with E-state index in [0.717, 1.165) is 23.9 Å². The molecule has 0 radical (unpaired) electrons. The smallest absolute Gasteiger partial charge is 0.272 e. The number of aliphatic hydroxyl groups is 1. The van der Waals surface area contributed by atoms with E-state index in [2.05, 4.69) is 4.98 Å². The Bertz CT molecular complexity index is 1120. The van der Waals surface area contributed by atoms with Gasteiger partial charge in [-0.3, -0.25) is 9.59 Å². The van der Waals surface area contributed by atoms with Crippen molar-refractivity contribution in [3.8, 4) is 0 Å². The van der Waals surface area contributed by atoms with Crippen LogP contribution in [-0.4, -0.2) is 38.6 Å². The lowest BCUT2D eigenvalue weighted by Crippen LogP contribution is -2.39. The molecule has 1 amide bonds. The molecule has 0 aliphatic carbocycles. The van der Waals surface area contributed by atoms with Gasteiger partial charge in [-0.15, -0.1) is 0 Å². The number of carbonyl (C=O) groups excluding carboxylic acids is 1. The Labute approximate surface area is 175 Å². The molecule has 30 heavy (non-hydrogen) atoms. The standard InChI is InChI=1S/C24H27N3O3/c1-3-27-21-10-9-19(15-20(21)25-16(2)23(27)29)24(30)26-13-11-18(12-14-26)22(28)17-7-5-4-6-8-17/h4-10,15,18,22,28H,3,11-14H2,1-2H3/t22-/m1/s1. The van der Waals surface area contributed by atoms with E-state index >= 15 is 0 Å². The Morgan fingerprint density at radius 2 is 1.87 bits per heavy atom. The lowest BCUT2D eigenvalue weighted by Gasteiger charge is -2.34. The fourth-order valence-electron chi connectivity index (χ4n) is 4.34. The number of benzene rings is 2. The van der Waals surface area contributed by atoms with Crippen molar-refractivity contribution in [1.29, 1.82) is 0 Å². The Morgan fingerprint density at radius 1 is 1.17 bits per heavy atom. The minimum Gasteiger partial charge on any atom is -0.388 e. The lowest BCUT2D eigenvalue weighted by molar-refractivity contribution is 0.0462. The highest BCUT2D eigenvalue weighted by Crippen LogP contribution is 2.31. The molecule has 4 rings (SSSR count). The van der Waals surface area contributed by atoms with Gasteiger partial charge in [0.2, 0.25) is 0 Å². The number of amides is 1. The summed E-state index contributed by atoms with van der Waals surface area (Å²) in [5.74, 6) is 0.120. The number of piperidine rings is 1. The maximum Gasteiger partial charge on any atom is 0.272 e. The Hall–Kier alpha value is -2.99. The van der Waals surface area contributed by atoms with Crippen LogP contribution in [0.4, 0.5) is 0 Å². The molecule has 1 N–H and O–H groups in total. The average Bonchev–Trinajstić information content (AvgIpc) is 2.79. The van der Waals surface area contributed by atoms with E-state index in [1.165, 1.54) is 0 Å². The van der Waals surface area contributed by atoms with Crippen LogP contribution in [0.1, 0.15) is 47.5 Å². The van der Waals surface area contributed by atoms with Gasteiger partial charge < -0.3 is 14.6 Å². The van der Waals surface area contributed by atoms with Crippen molar-refractivity contribution < 1.29 is 9.90 Å². The van der Waals surface area contributed by atoms with Crippen molar-refractivity contribution in [2.45, 2.75) is 39.3 Å². The number of aliphatic hydroxyl groups excluding tert-OH is 1. The SMILES string of the molecule is CCn1c(=O)c(C)nc2cc(C(=O)N3CCC([C@H](O)c4ccccc4)CC3)ccc21. The summed E-state index contributed by atoms with van der Waals surface area (Å²) in [6.07, 6.45) is 1.03. The third-order valence-electron chi connectivity index (χ3n) is 6.09. The van der Waals surface area contributed by atoms with Crippen molar-refractivity contribution >= 4 is 16.9 Å². The van der Waals surface area contributed by atoms with E-state index in [1.54, 1.807) is 23.6 Å². The molecule has 0 saturated carbocycles. The number of fused-ring (bicyclic) bond motifs is 1. The summed E-state index contributed by atoms with van der Waals surface area (Å²) < 4.78 is 1.68. The molecular formula is C24H27N3O3. The van der Waals surface area contributed by atoms with Gasteiger partial charge in [0.15, 0.2) is 0 Å². The molecule has 6 heteroatoms. The van der Waals surface area contributed by atoms with Crippen LogP contribution in [0.2, 0.25) is 0 Å². The average molecular weight is 405 g/mol. The van der Waals surface area contributed by atoms with Gasteiger partial charge >= 0.3 is 0 Å². The molecule has 3 aromatic rings. The zero-order valence-corrected chi connectivity index (χ0v) is 17.4. The minimum atomic E-state index is -0.498. The first-order valence-electron chi connectivity index (χ1n) is 10.5. The van der Waals surface area contributed by atoms with Gasteiger partial charge in [-0.05, 0) is 56.4 Å². The zero-order valence-electron chi connectivity index (χ0n) is 17.4. The predicted octanol–water partition coefficient (Wildman–Crippen LogP) is 3.31. The molecule has 2 heterocycles. The molecule has 1 saturated heterocycles. The predicted molar refractivity (Wildman–Crippen MR) is 116 cm³/mol. The van der Waals surface area contributed by atoms with Gasteiger partial charge in [0.1, 0.15) is 5.69 Å². The fraction of sp³-hybridized carbons (Fsp3) is 0.375. The van der Waals surface area contributed by atoms with Crippen LogP contribution < -0.4 is 5.56 Å². The van der Waals surface area contributed by atoms with Gasteiger partial charge in [-0.1, -0.05) is 30.3 Å². The molecule has 156 valence electrons. The van der Waals surface area contributed by atoms with Gasteiger partial charge in [0, 0.05) is 25.2 Å². The first-order chi connectivity index (χ1) is 14.5. The van der Waals surface area contributed by atoms with Crippen molar-refractivity contribution in [1.82, 2.24) is 14.5 Å². The van der Waals surface area contributed by atoms with Crippen LogP contribution in [0.5, 0.6) is 0 Å². The molecular weight excluding hydrogens is 378 g/mol. The summed E-state index contributed by atoms with van der Waals surface area (Å²) in [4.78, 5) is 31.6. The summed E-state index contributed by atoms with van der Waals surface area (Å²) in [6, 6.07) is 15.1. The summed E-state index contributed by atoms with van der Waals surface area (Å²) >= 11 is 0. The van der Waals surface area contributed by atoms with E-state index in [9.17, 15) is 14.7 Å². The molecule has 1 aliphatic rings. The van der Waals surface area contributed by atoms with Crippen LogP contribution in [-0.2, 0) is 6.54 Å².